The highest BCUT2D eigenvalue weighted by Crippen LogP contribution is 2.34. The first-order valence-electron chi connectivity index (χ1n) is 7.59. The lowest BCUT2D eigenvalue weighted by Crippen LogP contribution is -2.00. The number of hydrogen-bond acceptors (Lipinski definition) is 2. The van der Waals surface area contributed by atoms with E-state index in [0.717, 1.165) is 28.0 Å². The average molecular weight is 350 g/mol. The first kappa shape index (κ1) is 17.6. The first-order chi connectivity index (χ1) is 10.9. The van der Waals surface area contributed by atoms with Gasteiger partial charge in [0.15, 0.2) is 0 Å². The predicted octanol–water partition coefficient (Wildman–Crippen LogP) is 5.92. The second-order valence-electron chi connectivity index (χ2n) is 5.55. The molecule has 1 aromatic carbocycles. The fraction of sp³-hybridized carbons (Fsp3) is 0.278. The van der Waals surface area contributed by atoms with Gasteiger partial charge in [-0.25, -0.2) is 4.52 Å². The fourth-order valence-corrected chi connectivity index (χ4v) is 2.92. The molecule has 3 rings (SSSR count). The molecule has 0 saturated heterocycles. The smallest absolute Gasteiger partial charge is 0.0886 e. The van der Waals surface area contributed by atoms with Crippen LogP contribution in [0, 0.1) is 13.8 Å². The maximum atomic E-state index is 6.32. The van der Waals surface area contributed by atoms with Gasteiger partial charge in [0.1, 0.15) is 0 Å². The molecule has 0 fully saturated rings. The number of nitrogens with two attached hydrogens (primary N) is 1. The van der Waals surface area contributed by atoms with Gasteiger partial charge in [0.2, 0.25) is 0 Å². The van der Waals surface area contributed by atoms with Crippen LogP contribution in [0.4, 0.5) is 5.69 Å². The SMILES string of the molecule is CCC.Cc1cc(N)c2cc(C)c(-c3ccc(Cl)cc3Cl)n2n1. The van der Waals surface area contributed by atoms with Crippen LogP contribution >= 0.6 is 23.2 Å². The molecule has 0 spiro atoms. The van der Waals surface area contributed by atoms with Gasteiger partial charge in [0.25, 0.3) is 0 Å². The Balaban J connectivity index is 0.000000595. The Hall–Kier alpha value is -1.71. The summed E-state index contributed by atoms with van der Waals surface area (Å²) in [5.41, 5.74) is 11.4. The van der Waals surface area contributed by atoms with E-state index in [0.29, 0.717) is 15.7 Å². The minimum Gasteiger partial charge on any atom is -0.397 e. The third-order valence-electron chi connectivity index (χ3n) is 3.27. The second kappa shape index (κ2) is 7.24. The summed E-state index contributed by atoms with van der Waals surface area (Å²) in [5, 5.41) is 5.75. The van der Waals surface area contributed by atoms with Crippen molar-refractivity contribution >= 4 is 34.4 Å². The summed E-state index contributed by atoms with van der Waals surface area (Å²) in [6.45, 7) is 8.18. The van der Waals surface area contributed by atoms with E-state index in [1.165, 1.54) is 6.42 Å². The van der Waals surface area contributed by atoms with Crippen LogP contribution in [-0.2, 0) is 0 Å². The molecule has 0 amide bonds. The molecule has 2 heterocycles. The Morgan fingerprint density at radius 1 is 1.09 bits per heavy atom. The van der Waals surface area contributed by atoms with Gasteiger partial charge in [-0.1, -0.05) is 43.5 Å². The van der Waals surface area contributed by atoms with E-state index in [1.807, 2.05) is 42.6 Å². The summed E-state index contributed by atoms with van der Waals surface area (Å²) in [5.74, 6) is 0. The van der Waals surface area contributed by atoms with E-state index >= 15 is 0 Å². The molecule has 0 bridgehead atoms. The summed E-state index contributed by atoms with van der Waals surface area (Å²) >= 11 is 12.3. The standard InChI is InChI=1S/C15H13Cl2N3.C3H8/c1-8-5-14-13(18)6-9(2)19-20(14)15(8)11-4-3-10(16)7-12(11)17;1-3-2/h3-7H,18H2,1-2H3;3H2,1-2H3. The molecule has 0 aliphatic heterocycles. The number of benzene rings is 1. The van der Waals surface area contributed by atoms with E-state index in [2.05, 4.69) is 18.9 Å². The van der Waals surface area contributed by atoms with Crippen LogP contribution < -0.4 is 5.73 Å². The number of aryl methyl sites for hydroxylation is 2. The minimum atomic E-state index is 0.600. The predicted molar refractivity (Wildman–Crippen MR) is 100 cm³/mol. The monoisotopic (exact) mass is 349 g/mol. The van der Waals surface area contributed by atoms with Crippen molar-refractivity contribution in [3.63, 3.8) is 0 Å². The number of nitrogens with zero attached hydrogens (tertiary/aromatic N) is 2. The van der Waals surface area contributed by atoms with Gasteiger partial charge in [-0.05, 0) is 49.7 Å². The lowest BCUT2D eigenvalue weighted by atomic mass is 10.1. The Kier molecular flexibility index (Phi) is 5.55. The average Bonchev–Trinajstić information content (AvgIpc) is 2.77. The topological polar surface area (TPSA) is 43.3 Å². The van der Waals surface area contributed by atoms with Crippen molar-refractivity contribution in [1.82, 2.24) is 9.61 Å². The van der Waals surface area contributed by atoms with Crippen LogP contribution in [0.2, 0.25) is 10.0 Å². The molecule has 3 aromatic rings. The molecule has 2 aromatic heterocycles. The quantitative estimate of drug-likeness (QED) is 0.592. The van der Waals surface area contributed by atoms with E-state index in [1.54, 1.807) is 6.07 Å². The zero-order valence-electron chi connectivity index (χ0n) is 13.8. The highest BCUT2D eigenvalue weighted by atomic mass is 35.5. The molecule has 2 N–H and O–H groups in total. The van der Waals surface area contributed by atoms with E-state index in [-0.39, 0.29) is 0 Å². The van der Waals surface area contributed by atoms with Gasteiger partial charge in [-0.3, -0.25) is 0 Å². The maximum absolute atomic E-state index is 6.32. The van der Waals surface area contributed by atoms with Crippen molar-refractivity contribution in [2.45, 2.75) is 34.1 Å². The molecular weight excluding hydrogens is 329 g/mol. The molecule has 0 atom stereocenters. The summed E-state index contributed by atoms with van der Waals surface area (Å²) < 4.78 is 1.84. The van der Waals surface area contributed by atoms with Crippen molar-refractivity contribution in [3.8, 4) is 11.3 Å². The van der Waals surface area contributed by atoms with Crippen LogP contribution in [0.5, 0.6) is 0 Å². The number of anilines is 1. The Morgan fingerprint density at radius 3 is 2.35 bits per heavy atom. The molecule has 23 heavy (non-hydrogen) atoms. The molecular formula is C18H21Cl2N3. The van der Waals surface area contributed by atoms with Gasteiger partial charge in [0.05, 0.1) is 27.6 Å². The Labute approximate surface area is 147 Å². The molecule has 5 heteroatoms. The third-order valence-corrected chi connectivity index (χ3v) is 3.82. The fourth-order valence-electron chi connectivity index (χ4n) is 2.43. The Bertz CT molecular complexity index is 838. The third kappa shape index (κ3) is 3.62. The highest BCUT2D eigenvalue weighted by molar-refractivity contribution is 6.36. The zero-order chi connectivity index (χ0) is 17.1. The summed E-state index contributed by atoms with van der Waals surface area (Å²) in [4.78, 5) is 0. The lowest BCUT2D eigenvalue weighted by Gasteiger charge is -2.08. The summed E-state index contributed by atoms with van der Waals surface area (Å²) in [6.07, 6.45) is 1.25. The van der Waals surface area contributed by atoms with E-state index in [4.69, 9.17) is 28.9 Å². The van der Waals surface area contributed by atoms with Crippen molar-refractivity contribution in [2.24, 2.45) is 0 Å². The number of nitrogen functional groups attached to an aromatic ring is 1. The maximum Gasteiger partial charge on any atom is 0.0886 e. The van der Waals surface area contributed by atoms with Crippen LogP contribution in [0.25, 0.3) is 16.8 Å². The summed E-state index contributed by atoms with van der Waals surface area (Å²) in [7, 11) is 0. The van der Waals surface area contributed by atoms with Crippen molar-refractivity contribution < 1.29 is 0 Å². The van der Waals surface area contributed by atoms with Crippen LogP contribution in [0.15, 0.2) is 30.3 Å². The summed E-state index contributed by atoms with van der Waals surface area (Å²) in [6, 6.07) is 9.33. The van der Waals surface area contributed by atoms with E-state index in [9.17, 15) is 0 Å². The van der Waals surface area contributed by atoms with Crippen LogP contribution in [0.1, 0.15) is 31.5 Å². The van der Waals surface area contributed by atoms with Crippen molar-refractivity contribution in [1.29, 1.82) is 0 Å². The lowest BCUT2D eigenvalue weighted by molar-refractivity contribution is 0.912. The molecule has 0 unspecified atom stereocenters. The number of hydrogen-bond donors (Lipinski definition) is 1. The van der Waals surface area contributed by atoms with E-state index < -0.39 is 0 Å². The number of halogens is 2. The normalized spacial score (nSPS) is 10.5. The van der Waals surface area contributed by atoms with Gasteiger partial charge in [0, 0.05) is 10.6 Å². The van der Waals surface area contributed by atoms with Crippen LogP contribution in [-0.4, -0.2) is 9.61 Å². The molecule has 0 aliphatic rings. The van der Waals surface area contributed by atoms with Crippen LogP contribution in [0.3, 0.4) is 0 Å². The van der Waals surface area contributed by atoms with Gasteiger partial charge < -0.3 is 5.73 Å². The molecule has 0 saturated carbocycles. The number of aromatic nitrogens is 2. The minimum absolute atomic E-state index is 0.600. The largest absolute Gasteiger partial charge is 0.397 e. The second-order valence-corrected chi connectivity index (χ2v) is 6.39. The van der Waals surface area contributed by atoms with Gasteiger partial charge >= 0.3 is 0 Å². The number of rotatable bonds is 1. The molecule has 0 aliphatic carbocycles. The van der Waals surface area contributed by atoms with Crippen molar-refractivity contribution in [2.75, 3.05) is 5.73 Å². The first-order valence-corrected chi connectivity index (χ1v) is 8.35. The zero-order valence-corrected chi connectivity index (χ0v) is 15.3. The Morgan fingerprint density at radius 2 is 1.74 bits per heavy atom. The number of fused-ring (bicyclic) bond motifs is 1. The van der Waals surface area contributed by atoms with Crippen molar-refractivity contribution in [3.05, 3.63) is 51.6 Å². The van der Waals surface area contributed by atoms with Gasteiger partial charge in [-0.15, -0.1) is 0 Å². The highest BCUT2D eigenvalue weighted by Gasteiger charge is 2.15. The van der Waals surface area contributed by atoms with Gasteiger partial charge in [-0.2, -0.15) is 5.10 Å². The molecule has 122 valence electrons. The molecule has 3 nitrogen and oxygen atoms in total. The molecule has 0 radical (unpaired) electrons.